The van der Waals surface area contributed by atoms with Gasteiger partial charge in [-0.05, 0) is 29.7 Å². The fourth-order valence-electron chi connectivity index (χ4n) is 2.27. The summed E-state index contributed by atoms with van der Waals surface area (Å²) < 4.78 is 5.47. The summed E-state index contributed by atoms with van der Waals surface area (Å²) >= 11 is 0. The lowest BCUT2D eigenvalue weighted by Gasteiger charge is -2.21. The number of ether oxygens (including phenoxy) is 1. The van der Waals surface area contributed by atoms with Gasteiger partial charge in [0.2, 0.25) is 0 Å². The van der Waals surface area contributed by atoms with Crippen LogP contribution in [0, 0.1) is 0 Å². The highest BCUT2D eigenvalue weighted by Crippen LogP contribution is 2.18. The van der Waals surface area contributed by atoms with Gasteiger partial charge in [-0.15, -0.1) is 0 Å². The summed E-state index contributed by atoms with van der Waals surface area (Å²) in [6, 6.07) is 15.6. The van der Waals surface area contributed by atoms with Crippen LogP contribution in [-0.4, -0.2) is 34.3 Å². The molecule has 0 bridgehead atoms. The molecule has 2 unspecified atom stereocenters. The predicted octanol–water partition coefficient (Wildman–Crippen LogP) is 1.91. The van der Waals surface area contributed by atoms with E-state index < -0.39 is 30.5 Å². The lowest BCUT2D eigenvalue weighted by Crippen LogP contribution is -2.46. The maximum Gasteiger partial charge on any atom is 0.324 e. The lowest BCUT2D eigenvalue weighted by atomic mass is 10.0. The maximum atomic E-state index is 11.0. The standard InChI is InChI=1S/C18H19NO5/c19-17(18(22)23)15(11-16(20)21)24-14-8-6-13(7-9-14)10-12-4-2-1-3-5-12/h1-9,15,17H,10-11,19H2,(H,20,21)(H,22,23). The summed E-state index contributed by atoms with van der Waals surface area (Å²) in [6.07, 6.45) is -0.868. The normalized spacial score (nSPS) is 13.0. The highest BCUT2D eigenvalue weighted by atomic mass is 16.5. The van der Waals surface area contributed by atoms with E-state index in [0.717, 1.165) is 12.0 Å². The number of hydrogen-bond donors (Lipinski definition) is 3. The number of carbonyl (C=O) groups is 2. The largest absolute Gasteiger partial charge is 0.488 e. The van der Waals surface area contributed by atoms with Gasteiger partial charge >= 0.3 is 11.9 Å². The molecule has 2 aromatic rings. The molecule has 4 N–H and O–H groups in total. The molecule has 2 atom stereocenters. The van der Waals surface area contributed by atoms with E-state index in [0.29, 0.717) is 5.75 Å². The van der Waals surface area contributed by atoms with Crippen LogP contribution in [0.5, 0.6) is 5.75 Å². The van der Waals surface area contributed by atoms with Crippen molar-refractivity contribution in [1.82, 2.24) is 0 Å². The molecule has 0 aliphatic rings. The minimum Gasteiger partial charge on any atom is -0.488 e. The molecule has 0 saturated carbocycles. The zero-order valence-corrected chi connectivity index (χ0v) is 13.0. The van der Waals surface area contributed by atoms with E-state index in [4.69, 9.17) is 20.7 Å². The number of rotatable bonds is 8. The van der Waals surface area contributed by atoms with Gasteiger partial charge < -0.3 is 20.7 Å². The zero-order chi connectivity index (χ0) is 17.5. The first kappa shape index (κ1) is 17.5. The molecule has 0 aliphatic carbocycles. The fourth-order valence-corrected chi connectivity index (χ4v) is 2.27. The summed E-state index contributed by atoms with van der Waals surface area (Å²) in [5.41, 5.74) is 7.73. The topological polar surface area (TPSA) is 110 Å². The molecule has 0 amide bonds. The third-order valence-electron chi connectivity index (χ3n) is 3.52. The van der Waals surface area contributed by atoms with E-state index in [-0.39, 0.29) is 0 Å². The SMILES string of the molecule is NC(C(=O)O)C(CC(=O)O)Oc1ccc(Cc2ccccc2)cc1. The highest BCUT2D eigenvalue weighted by Gasteiger charge is 2.28. The van der Waals surface area contributed by atoms with Gasteiger partial charge in [0.1, 0.15) is 17.9 Å². The summed E-state index contributed by atoms with van der Waals surface area (Å²) in [6.45, 7) is 0. The number of carboxylic acid groups (broad SMARTS) is 2. The maximum absolute atomic E-state index is 11.0. The van der Waals surface area contributed by atoms with Crippen LogP contribution in [0.1, 0.15) is 17.5 Å². The molecule has 0 heterocycles. The smallest absolute Gasteiger partial charge is 0.324 e. The van der Waals surface area contributed by atoms with Gasteiger partial charge in [-0.1, -0.05) is 42.5 Å². The molecule has 2 aromatic carbocycles. The Hall–Kier alpha value is -2.86. The van der Waals surface area contributed by atoms with Crippen molar-refractivity contribution >= 4 is 11.9 Å². The van der Waals surface area contributed by atoms with Crippen molar-refractivity contribution in [2.24, 2.45) is 5.73 Å². The second-order valence-corrected chi connectivity index (χ2v) is 5.42. The minimum absolute atomic E-state index is 0.384. The second kappa shape index (κ2) is 8.12. The van der Waals surface area contributed by atoms with Crippen molar-refractivity contribution < 1.29 is 24.5 Å². The monoisotopic (exact) mass is 329 g/mol. The summed E-state index contributed by atoms with van der Waals surface area (Å²) in [5, 5.41) is 17.8. The van der Waals surface area contributed by atoms with Crippen molar-refractivity contribution in [3.8, 4) is 5.75 Å². The predicted molar refractivity (Wildman–Crippen MR) is 88.0 cm³/mol. The summed E-state index contributed by atoms with van der Waals surface area (Å²) in [4.78, 5) is 21.8. The number of benzene rings is 2. The van der Waals surface area contributed by atoms with Crippen LogP contribution in [0.2, 0.25) is 0 Å². The minimum atomic E-state index is -1.41. The van der Waals surface area contributed by atoms with Gasteiger partial charge in [-0.25, -0.2) is 0 Å². The van der Waals surface area contributed by atoms with Crippen molar-refractivity contribution in [2.75, 3.05) is 0 Å². The third-order valence-corrected chi connectivity index (χ3v) is 3.52. The van der Waals surface area contributed by atoms with E-state index in [2.05, 4.69) is 0 Å². The zero-order valence-electron chi connectivity index (χ0n) is 13.0. The van der Waals surface area contributed by atoms with Gasteiger partial charge in [0.15, 0.2) is 0 Å². The van der Waals surface area contributed by atoms with Gasteiger partial charge in [-0.3, -0.25) is 9.59 Å². The van der Waals surface area contributed by atoms with E-state index in [1.807, 2.05) is 42.5 Å². The van der Waals surface area contributed by atoms with Crippen LogP contribution in [-0.2, 0) is 16.0 Å². The molecule has 0 radical (unpaired) electrons. The van der Waals surface area contributed by atoms with E-state index in [1.54, 1.807) is 12.1 Å². The van der Waals surface area contributed by atoms with Crippen molar-refractivity contribution in [2.45, 2.75) is 25.0 Å². The molecule has 6 heteroatoms. The average molecular weight is 329 g/mol. The van der Waals surface area contributed by atoms with Gasteiger partial charge in [0.05, 0.1) is 6.42 Å². The number of aliphatic carboxylic acids is 2. The van der Waals surface area contributed by atoms with E-state index in [1.165, 1.54) is 5.56 Å². The molecule has 0 fully saturated rings. The van der Waals surface area contributed by atoms with Crippen LogP contribution in [0.25, 0.3) is 0 Å². The van der Waals surface area contributed by atoms with Gasteiger partial charge in [0, 0.05) is 0 Å². The highest BCUT2D eigenvalue weighted by molar-refractivity contribution is 5.76. The first-order valence-electron chi connectivity index (χ1n) is 7.45. The van der Waals surface area contributed by atoms with Crippen molar-refractivity contribution in [1.29, 1.82) is 0 Å². The molecule has 6 nitrogen and oxygen atoms in total. The Balaban J connectivity index is 2.05. The number of hydrogen-bond acceptors (Lipinski definition) is 4. The first-order chi connectivity index (χ1) is 11.5. The van der Waals surface area contributed by atoms with Crippen LogP contribution in [0.15, 0.2) is 54.6 Å². The first-order valence-corrected chi connectivity index (χ1v) is 7.45. The quantitative estimate of drug-likeness (QED) is 0.682. The molecular formula is C18H19NO5. The summed E-state index contributed by atoms with van der Waals surface area (Å²) in [5.74, 6) is -2.09. The van der Waals surface area contributed by atoms with Crippen LogP contribution >= 0.6 is 0 Å². The second-order valence-electron chi connectivity index (χ2n) is 5.42. The van der Waals surface area contributed by atoms with Crippen LogP contribution in [0.4, 0.5) is 0 Å². The Morgan fingerprint density at radius 1 is 0.958 bits per heavy atom. The van der Waals surface area contributed by atoms with E-state index in [9.17, 15) is 9.59 Å². The molecular weight excluding hydrogens is 310 g/mol. The molecule has 0 saturated heterocycles. The Labute approximate surface area is 139 Å². The Bertz CT molecular complexity index is 684. The van der Waals surface area contributed by atoms with Crippen LogP contribution in [0.3, 0.4) is 0 Å². The average Bonchev–Trinajstić information content (AvgIpc) is 2.56. The molecule has 0 aliphatic heterocycles. The van der Waals surface area contributed by atoms with Gasteiger partial charge in [-0.2, -0.15) is 0 Å². The Morgan fingerprint density at radius 2 is 1.54 bits per heavy atom. The Kier molecular flexibility index (Phi) is 5.92. The van der Waals surface area contributed by atoms with Crippen molar-refractivity contribution in [3.63, 3.8) is 0 Å². The van der Waals surface area contributed by atoms with Crippen LogP contribution < -0.4 is 10.5 Å². The van der Waals surface area contributed by atoms with Crippen molar-refractivity contribution in [3.05, 3.63) is 65.7 Å². The number of nitrogens with two attached hydrogens (primary N) is 1. The van der Waals surface area contributed by atoms with Gasteiger partial charge in [0.25, 0.3) is 0 Å². The fraction of sp³-hybridized carbons (Fsp3) is 0.222. The molecule has 0 aromatic heterocycles. The summed E-state index contributed by atoms with van der Waals surface area (Å²) in [7, 11) is 0. The lowest BCUT2D eigenvalue weighted by molar-refractivity contribution is -0.143. The molecule has 0 spiro atoms. The molecule has 24 heavy (non-hydrogen) atoms. The Morgan fingerprint density at radius 3 is 2.08 bits per heavy atom. The number of carboxylic acids is 2. The molecule has 2 rings (SSSR count). The van der Waals surface area contributed by atoms with E-state index >= 15 is 0 Å². The third kappa shape index (κ3) is 5.10. The molecule has 126 valence electrons.